The van der Waals surface area contributed by atoms with E-state index in [0.29, 0.717) is 0 Å². The molecule has 1 fully saturated rings. The van der Waals surface area contributed by atoms with Gasteiger partial charge in [-0.3, -0.25) is 0 Å². The van der Waals surface area contributed by atoms with Crippen LogP contribution in [0, 0.1) is 27.7 Å². The topological polar surface area (TPSA) is 42.8 Å². The number of imidazole rings is 1. The first-order valence-electron chi connectivity index (χ1n) is 12.2. The molecular formula is C28H36N4O2. The molecule has 1 unspecified atom stereocenters. The number of aromatic nitrogens is 2. The summed E-state index contributed by atoms with van der Waals surface area (Å²) in [7, 11) is 1.71. The Bertz CT molecular complexity index is 1190. The van der Waals surface area contributed by atoms with Gasteiger partial charge in [-0.05, 0) is 75.6 Å². The van der Waals surface area contributed by atoms with Gasteiger partial charge < -0.3 is 23.8 Å². The van der Waals surface area contributed by atoms with Crippen LogP contribution in [0.25, 0.3) is 0 Å². The fraction of sp³-hybridized carbons (Fsp3) is 0.464. The first-order valence-corrected chi connectivity index (χ1v) is 12.2. The third-order valence-electron chi connectivity index (χ3n) is 7.70. The largest absolute Gasteiger partial charge is 0.497 e. The zero-order chi connectivity index (χ0) is 24.0. The van der Waals surface area contributed by atoms with E-state index in [1.807, 2.05) is 24.5 Å². The van der Waals surface area contributed by atoms with Crippen molar-refractivity contribution in [2.75, 3.05) is 43.1 Å². The van der Waals surface area contributed by atoms with E-state index in [0.717, 1.165) is 56.5 Å². The molecule has 2 aliphatic rings. The number of piperazine rings is 1. The lowest BCUT2D eigenvalue weighted by Crippen LogP contribution is -2.47. The molecule has 2 aromatic carbocycles. The number of hydrogen-bond donors (Lipinski definition) is 0. The van der Waals surface area contributed by atoms with E-state index in [1.54, 1.807) is 7.11 Å². The maximum absolute atomic E-state index is 6.67. The van der Waals surface area contributed by atoms with Crippen molar-refractivity contribution in [3.05, 3.63) is 64.7 Å². The van der Waals surface area contributed by atoms with E-state index in [-0.39, 0.29) is 5.60 Å². The molecule has 1 saturated heterocycles. The first kappa shape index (κ1) is 22.6. The summed E-state index contributed by atoms with van der Waals surface area (Å²) in [5.41, 5.74) is 7.77. The summed E-state index contributed by atoms with van der Waals surface area (Å²) >= 11 is 0. The van der Waals surface area contributed by atoms with Gasteiger partial charge in [-0.1, -0.05) is 0 Å². The number of rotatable bonds is 5. The highest BCUT2D eigenvalue weighted by Gasteiger charge is 2.39. The Kier molecular flexibility index (Phi) is 5.70. The number of hydrogen-bond acceptors (Lipinski definition) is 5. The number of methoxy groups -OCH3 is 1. The molecule has 3 heterocycles. The molecule has 1 aromatic heterocycles. The van der Waals surface area contributed by atoms with Gasteiger partial charge in [0.25, 0.3) is 0 Å². The Labute approximate surface area is 203 Å². The molecule has 0 spiro atoms. The Morgan fingerprint density at radius 3 is 2.24 bits per heavy atom. The van der Waals surface area contributed by atoms with Crippen molar-refractivity contribution >= 4 is 11.4 Å². The van der Waals surface area contributed by atoms with E-state index >= 15 is 0 Å². The zero-order valence-corrected chi connectivity index (χ0v) is 21.3. The third-order valence-corrected chi connectivity index (χ3v) is 7.70. The van der Waals surface area contributed by atoms with E-state index in [4.69, 9.17) is 9.47 Å². The van der Waals surface area contributed by atoms with Crippen LogP contribution in [0.1, 0.15) is 35.0 Å². The second-order valence-corrected chi connectivity index (χ2v) is 10.0. The van der Waals surface area contributed by atoms with Crippen LogP contribution in [0.5, 0.6) is 11.5 Å². The lowest BCUT2D eigenvalue weighted by Gasteiger charge is -2.39. The fourth-order valence-corrected chi connectivity index (χ4v) is 5.65. The first-order chi connectivity index (χ1) is 16.3. The molecule has 0 N–H and O–H groups in total. The van der Waals surface area contributed by atoms with Crippen molar-refractivity contribution < 1.29 is 9.47 Å². The third kappa shape index (κ3) is 3.89. The number of anilines is 2. The Morgan fingerprint density at radius 1 is 0.941 bits per heavy atom. The van der Waals surface area contributed by atoms with Crippen LogP contribution >= 0.6 is 0 Å². The highest BCUT2D eigenvalue weighted by molar-refractivity contribution is 5.70. The Balaban J connectivity index is 1.36. The van der Waals surface area contributed by atoms with Gasteiger partial charge in [-0.15, -0.1) is 0 Å². The molecule has 3 aromatic rings. The fourth-order valence-electron chi connectivity index (χ4n) is 5.65. The second kappa shape index (κ2) is 8.57. The SMILES string of the molecule is COc1ccc(N2CCN(c3c(C)c(C)c4c(c3C)CC(C)(Cn3ccnc3C)O4)CC2)cc1. The lowest BCUT2D eigenvalue weighted by atomic mass is 9.91. The predicted octanol–water partition coefficient (Wildman–Crippen LogP) is 4.85. The average Bonchev–Trinajstić information content (AvgIpc) is 3.41. The van der Waals surface area contributed by atoms with Crippen molar-refractivity contribution in [3.63, 3.8) is 0 Å². The van der Waals surface area contributed by atoms with E-state index < -0.39 is 0 Å². The summed E-state index contributed by atoms with van der Waals surface area (Å²) < 4.78 is 14.2. The quantitative estimate of drug-likeness (QED) is 0.545. The van der Waals surface area contributed by atoms with E-state index in [2.05, 4.69) is 66.1 Å². The molecule has 6 nitrogen and oxygen atoms in total. The molecule has 0 amide bonds. The van der Waals surface area contributed by atoms with E-state index in [9.17, 15) is 0 Å². The monoisotopic (exact) mass is 460 g/mol. The molecule has 34 heavy (non-hydrogen) atoms. The number of ether oxygens (including phenoxy) is 2. The van der Waals surface area contributed by atoms with Crippen LogP contribution in [0.15, 0.2) is 36.7 Å². The summed E-state index contributed by atoms with van der Waals surface area (Å²) in [6, 6.07) is 8.40. The smallest absolute Gasteiger partial charge is 0.128 e. The molecule has 0 bridgehead atoms. The molecule has 1 atom stereocenters. The number of benzene rings is 2. The molecule has 5 rings (SSSR count). The summed E-state index contributed by atoms with van der Waals surface area (Å²) in [5, 5.41) is 0. The van der Waals surface area contributed by atoms with Crippen LogP contribution in [0.4, 0.5) is 11.4 Å². The maximum atomic E-state index is 6.67. The predicted molar refractivity (Wildman–Crippen MR) is 138 cm³/mol. The molecule has 180 valence electrons. The number of nitrogens with zero attached hydrogens (tertiary/aromatic N) is 4. The second-order valence-electron chi connectivity index (χ2n) is 10.0. The number of fused-ring (bicyclic) bond motifs is 1. The Morgan fingerprint density at radius 2 is 1.62 bits per heavy atom. The van der Waals surface area contributed by atoms with Crippen molar-refractivity contribution in [1.82, 2.24) is 9.55 Å². The van der Waals surface area contributed by atoms with Gasteiger partial charge in [0, 0.05) is 61.9 Å². The summed E-state index contributed by atoms with van der Waals surface area (Å²) in [4.78, 5) is 9.43. The van der Waals surface area contributed by atoms with Crippen LogP contribution in [0.2, 0.25) is 0 Å². The molecule has 0 radical (unpaired) electrons. The van der Waals surface area contributed by atoms with Crippen molar-refractivity contribution in [2.24, 2.45) is 0 Å². The minimum absolute atomic E-state index is 0.262. The van der Waals surface area contributed by atoms with Crippen LogP contribution < -0.4 is 19.3 Å². The molecule has 0 aliphatic carbocycles. The van der Waals surface area contributed by atoms with Gasteiger partial charge in [0.2, 0.25) is 0 Å². The highest BCUT2D eigenvalue weighted by atomic mass is 16.5. The lowest BCUT2D eigenvalue weighted by molar-refractivity contribution is 0.0936. The highest BCUT2D eigenvalue weighted by Crippen LogP contribution is 2.46. The van der Waals surface area contributed by atoms with Gasteiger partial charge >= 0.3 is 0 Å². The maximum Gasteiger partial charge on any atom is 0.128 e. The van der Waals surface area contributed by atoms with Crippen LogP contribution in [-0.4, -0.2) is 48.4 Å². The molecular weight excluding hydrogens is 424 g/mol. The summed E-state index contributed by atoms with van der Waals surface area (Å²) in [6.45, 7) is 15.9. The minimum atomic E-state index is -0.262. The van der Waals surface area contributed by atoms with Gasteiger partial charge in [-0.2, -0.15) is 0 Å². The van der Waals surface area contributed by atoms with E-state index in [1.165, 1.54) is 33.6 Å². The van der Waals surface area contributed by atoms with Gasteiger partial charge in [0.15, 0.2) is 0 Å². The number of aryl methyl sites for hydroxylation is 1. The van der Waals surface area contributed by atoms with Crippen molar-refractivity contribution in [3.8, 4) is 11.5 Å². The standard InChI is InChI=1S/C28H36N4O2/c1-19-20(2)27-25(17-28(5,34-27)18-32-12-11-29-22(32)4)21(3)26(19)31-15-13-30(14-16-31)23-7-9-24(33-6)10-8-23/h7-12H,13-18H2,1-6H3. The average molecular weight is 461 g/mol. The van der Waals surface area contributed by atoms with Crippen molar-refractivity contribution in [1.29, 1.82) is 0 Å². The van der Waals surface area contributed by atoms with Crippen LogP contribution in [0.3, 0.4) is 0 Å². The van der Waals surface area contributed by atoms with Crippen LogP contribution in [-0.2, 0) is 13.0 Å². The molecule has 0 saturated carbocycles. The Hall–Kier alpha value is -3.15. The van der Waals surface area contributed by atoms with Gasteiger partial charge in [-0.25, -0.2) is 4.98 Å². The molecule has 6 heteroatoms. The summed E-state index contributed by atoms with van der Waals surface area (Å²) in [5.74, 6) is 3.02. The minimum Gasteiger partial charge on any atom is -0.497 e. The van der Waals surface area contributed by atoms with Gasteiger partial charge in [0.1, 0.15) is 22.9 Å². The normalized spacial score (nSPS) is 19.8. The zero-order valence-electron chi connectivity index (χ0n) is 21.3. The molecule has 2 aliphatic heterocycles. The van der Waals surface area contributed by atoms with Gasteiger partial charge in [0.05, 0.1) is 13.7 Å². The van der Waals surface area contributed by atoms with Crippen molar-refractivity contribution in [2.45, 2.75) is 53.2 Å². The summed E-state index contributed by atoms with van der Waals surface area (Å²) in [6.07, 6.45) is 4.84.